The normalized spacial score (nSPS) is 11.5. The van der Waals surface area contributed by atoms with Crippen LogP contribution in [-0.4, -0.2) is 52.3 Å². The summed E-state index contributed by atoms with van der Waals surface area (Å²) < 4.78 is 25.7. The van der Waals surface area contributed by atoms with Crippen LogP contribution in [-0.2, 0) is 10.0 Å². The number of sulfonamides is 1. The van der Waals surface area contributed by atoms with Crippen LogP contribution in [0.2, 0.25) is 5.28 Å². The Balaban J connectivity index is 2.02. The Morgan fingerprint density at radius 3 is 2.75 bits per heavy atom. The van der Waals surface area contributed by atoms with Crippen molar-refractivity contribution in [1.29, 1.82) is 0 Å². The van der Waals surface area contributed by atoms with Crippen molar-refractivity contribution in [2.45, 2.75) is 0 Å². The van der Waals surface area contributed by atoms with Crippen molar-refractivity contribution < 1.29 is 8.42 Å². The monoisotopic (exact) mass is 317 g/mol. The van der Waals surface area contributed by atoms with Crippen molar-refractivity contribution in [2.75, 3.05) is 24.7 Å². The lowest BCUT2D eigenvalue weighted by Gasteiger charge is -2.07. The van der Waals surface area contributed by atoms with E-state index in [-0.39, 0.29) is 17.8 Å². The number of aromatic nitrogens is 5. The van der Waals surface area contributed by atoms with E-state index in [4.69, 9.17) is 11.6 Å². The van der Waals surface area contributed by atoms with E-state index in [0.717, 1.165) is 6.26 Å². The minimum Gasteiger partial charge on any atom is -0.353 e. The van der Waals surface area contributed by atoms with Gasteiger partial charge in [0.2, 0.25) is 27.2 Å². The molecule has 0 aliphatic heterocycles. The SMILES string of the molecule is CS(=O)(=O)NCCNc1nc(Cl)nc(-n2ccnc2)n1. The molecule has 0 unspecified atom stereocenters. The number of halogens is 1. The van der Waals surface area contributed by atoms with Crippen molar-refractivity contribution in [3.63, 3.8) is 0 Å². The minimum absolute atomic E-state index is 0.0299. The zero-order chi connectivity index (χ0) is 14.6. The molecule has 0 bridgehead atoms. The second-order valence-corrected chi connectivity index (χ2v) is 5.96. The summed E-state index contributed by atoms with van der Waals surface area (Å²) in [6.07, 6.45) is 5.87. The zero-order valence-corrected chi connectivity index (χ0v) is 12.1. The fourth-order valence-corrected chi connectivity index (χ4v) is 1.95. The molecule has 0 aromatic carbocycles. The molecule has 2 aromatic rings. The van der Waals surface area contributed by atoms with Gasteiger partial charge in [-0.3, -0.25) is 4.57 Å². The number of hydrogen-bond acceptors (Lipinski definition) is 7. The Labute approximate surface area is 120 Å². The molecule has 0 amide bonds. The van der Waals surface area contributed by atoms with Crippen LogP contribution in [0.3, 0.4) is 0 Å². The first kappa shape index (κ1) is 14.6. The second-order valence-electron chi connectivity index (χ2n) is 3.79. The second kappa shape index (κ2) is 6.11. The van der Waals surface area contributed by atoms with E-state index in [2.05, 4.69) is 30.0 Å². The lowest BCUT2D eigenvalue weighted by molar-refractivity contribution is 0.589. The van der Waals surface area contributed by atoms with Crippen molar-refractivity contribution >= 4 is 27.6 Å². The largest absolute Gasteiger partial charge is 0.353 e. The van der Waals surface area contributed by atoms with Gasteiger partial charge in [-0.2, -0.15) is 15.0 Å². The van der Waals surface area contributed by atoms with Crippen LogP contribution in [0.25, 0.3) is 5.95 Å². The molecular weight excluding hydrogens is 306 g/mol. The van der Waals surface area contributed by atoms with Crippen LogP contribution in [0.5, 0.6) is 0 Å². The predicted octanol–water partition coefficient (Wildman–Crippen LogP) is -0.328. The Morgan fingerprint density at radius 1 is 1.30 bits per heavy atom. The molecule has 0 saturated heterocycles. The minimum atomic E-state index is -3.21. The number of anilines is 1. The van der Waals surface area contributed by atoms with Crippen molar-refractivity contribution in [3.05, 3.63) is 24.0 Å². The summed E-state index contributed by atoms with van der Waals surface area (Å²) in [6.45, 7) is 0.527. The van der Waals surface area contributed by atoms with Gasteiger partial charge in [-0.05, 0) is 11.6 Å². The highest BCUT2D eigenvalue weighted by molar-refractivity contribution is 7.88. The van der Waals surface area contributed by atoms with Gasteiger partial charge in [0, 0.05) is 25.5 Å². The summed E-state index contributed by atoms with van der Waals surface area (Å²) in [5.74, 6) is 0.574. The van der Waals surface area contributed by atoms with E-state index in [1.165, 1.54) is 6.33 Å². The molecular formula is C9H12ClN7O2S. The number of nitrogens with zero attached hydrogens (tertiary/aromatic N) is 5. The lowest BCUT2D eigenvalue weighted by Crippen LogP contribution is -2.28. The van der Waals surface area contributed by atoms with Gasteiger partial charge < -0.3 is 5.32 Å². The molecule has 108 valence electrons. The van der Waals surface area contributed by atoms with E-state index in [0.29, 0.717) is 12.5 Å². The Hall–Kier alpha value is -1.78. The van der Waals surface area contributed by atoms with Gasteiger partial charge in [-0.1, -0.05) is 0 Å². The number of hydrogen-bond donors (Lipinski definition) is 2. The van der Waals surface area contributed by atoms with Crippen LogP contribution in [0.1, 0.15) is 0 Å². The molecule has 0 fully saturated rings. The average molecular weight is 318 g/mol. The average Bonchev–Trinajstić information content (AvgIpc) is 2.86. The fraction of sp³-hybridized carbons (Fsp3) is 0.333. The summed E-state index contributed by atoms with van der Waals surface area (Å²) in [5, 5.41) is 2.88. The summed E-state index contributed by atoms with van der Waals surface area (Å²) in [7, 11) is -3.21. The molecule has 0 atom stereocenters. The third-order valence-electron chi connectivity index (χ3n) is 2.10. The highest BCUT2D eigenvalue weighted by Crippen LogP contribution is 2.08. The molecule has 2 aromatic heterocycles. The molecule has 2 heterocycles. The quantitative estimate of drug-likeness (QED) is 0.701. The molecule has 0 aliphatic carbocycles. The summed E-state index contributed by atoms with van der Waals surface area (Å²) in [4.78, 5) is 15.9. The first-order valence-electron chi connectivity index (χ1n) is 5.52. The van der Waals surface area contributed by atoms with E-state index < -0.39 is 10.0 Å². The fourth-order valence-electron chi connectivity index (χ4n) is 1.32. The number of imidazole rings is 1. The Kier molecular flexibility index (Phi) is 4.47. The summed E-state index contributed by atoms with van der Waals surface area (Å²) in [6, 6.07) is 0. The van der Waals surface area contributed by atoms with E-state index in [9.17, 15) is 8.42 Å². The molecule has 2 N–H and O–H groups in total. The van der Waals surface area contributed by atoms with Gasteiger partial charge in [-0.15, -0.1) is 0 Å². The van der Waals surface area contributed by atoms with Crippen molar-refractivity contribution in [1.82, 2.24) is 29.2 Å². The van der Waals surface area contributed by atoms with E-state index in [1.807, 2.05) is 0 Å². The van der Waals surface area contributed by atoms with E-state index in [1.54, 1.807) is 17.0 Å². The number of rotatable bonds is 6. The van der Waals surface area contributed by atoms with Gasteiger partial charge >= 0.3 is 0 Å². The molecule has 9 nitrogen and oxygen atoms in total. The van der Waals surface area contributed by atoms with Gasteiger partial charge in [-0.25, -0.2) is 18.1 Å². The van der Waals surface area contributed by atoms with Crippen LogP contribution in [0.15, 0.2) is 18.7 Å². The predicted molar refractivity (Wildman–Crippen MR) is 73.3 cm³/mol. The maximum atomic E-state index is 10.9. The first-order chi connectivity index (χ1) is 9.44. The van der Waals surface area contributed by atoms with Crippen LogP contribution in [0, 0.1) is 0 Å². The Bertz CT molecular complexity index is 674. The van der Waals surface area contributed by atoms with Crippen LogP contribution >= 0.6 is 11.6 Å². The molecule has 2 rings (SSSR count). The topological polar surface area (TPSA) is 115 Å². The smallest absolute Gasteiger partial charge is 0.241 e. The highest BCUT2D eigenvalue weighted by Gasteiger charge is 2.06. The van der Waals surface area contributed by atoms with Crippen LogP contribution in [0.4, 0.5) is 5.95 Å². The standard InChI is InChI=1S/C9H12ClN7O2S/c1-20(18,19)13-3-2-12-8-14-7(10)15-9(16-8)17-5-4-11-6-17/h4-6,13H,2-3H2,1H3,(H,12,14,15,16). The van der Waals surface area contributed by atoms with E-state index >= 15 is 0 Å². The van der Waals surface area contributed by atoms with Gasteiger partial charge in [0.1, 0.15) is 6.33 Å². The molecule has 11 heteroatoms. The molecule has 20 heavy (non-hydrogen) atoms. The third-order valence-corrected chi connectivity index (χ3v) is 3.00. The summed E-state index contributed by atoms with van der Waals surface area (Å²) in [5.41, 5.74) is 0. The lowest BCUT2D eigenvalue weighted by atomic mass is 10.6. The maximum absolute atomic E-state index is 10.9. The number of nitrogens with one attached hydrogen (secondary N) is 2. The molecule has 0 aliphatic rings. The molecule has 0 spiro atoms. The van der Waals surface area contributed by atoms with Gasteiger partial charge in [0.15, 0.2) is 0 Å². The third kappa shape index (κ3) is 4.40. The van der Waals surface area contributed by atoms with Crippen molar-refractivity contribution in [3.8, 4) is 5.95 Å². The zero-order valence-electron chi connectivity index (χ0n) is 10.5. The van der Waals surface area contributed by atoms with Crippen LogP contribution < -0.4 is 10.0 Å². The Morgan fingerprint density at radius 2 is 2.10 bits per heavy atom. The molecule has 0 radical (unpaired) electrons. The van der Waals surface area contributed by atoms with Gasteiger partial charge in [0.25, 0.3) is 0 Å². The summed E-state index contributed by atoms with van der Waals surface area (Å²) >= 11 is 5.80. The first-order valence-corrected chi connectivity index (χ1v) is 7.79. The van der Waals surface area contributed by atoms with Crippen molar-refractivity contribution in [2.24, 2.45) is 0 Å². The maximum Gasteiger partial charge on any atom is 0.241 e. The molecule has 0 saturated carbocycles. The highest BCUT2D eigenvalue weighted by atomic mass is 35.5. The van der Waals surface area contributed by atoms with Gasteiger partial charge in [0.05, 0.1) is 6.26 Å².